The molecule has 1 heterocycles. The first kappa shape index (κ1) is 9.51. The van der Waals surface area contributed by atoms with Crippen LogP contribution in [0.25, 0.3) is 10.9 Å². The van der Waals surface area contributed by atoms with Gasteiger partial charge in [-0.05, 0) is 18.2 Å². The monoisotopic (exact) mass is 206 g/mol. The SMILES string of the molecule is Cn1c(=O)c2cc(O)ccc2n(C)c1=O. The van der Waals surface area contributed by atoms with Crippen molar-refractivity contribution in [1.82, 2.24) is 9.13 Å². The standard InChI is InChI=1S/C10H10N2O3/c1-11-8-4-3-6(13)5-7(8)9(14)12(2)10(11)15/h3-5,13H,1-2H3. The molecule has 1 aromatic carbocycles. The molecule has 0 atom stereocenters. The van der Waals surface area contributed by atoms with Gasteiger partial charge in [0.1, 0.15) is 5.75 Å². The van der Waals surface area contributed by atoms with Gasteiger partial charge in [-0.15, -0.1) is 0 Å². The fourth-order valence-corrected chi connectivity index (χ4v) is 1.58. The van der Waals surface area contributed by atoms with Crippen molar-refractivity contribution in [3.8, 4) is 5.75 Å². The summed E-state index contributed by atoms with van der Waals surface area (Å²) < 4.78 is 2.39. The number of aryl methyl sites for hydroxylation is 1. The number of aromatic nitrogens is 2. The highest BCUT2D eigenvalue weighted by Crippen LogP contribution is 2.14. The van der Waals surface area contributed by atoms with Crippen molar-refractivity contribution in [3.05, 3.63) is 39.0 Å². The van der Waals surface area contributed by atoms with Crippen molar-refractivity contribution in [1.29, 1.82) is 0 Å². The number of hydrogen-bond acceptors (Lipinski definition) is 3. The third-order valence-corrected chi connectivity index (χ3v) is 2.45. The minimum Gasteiger partial charge on any atom is -0.508 e. The van der Waals surface area contributed by atoms with Crippen LogP contribution in [0.4, 0.5) is 0 Å². The van der Waals surface area contributed by atoms with Gasteiger partial charge in [-0.1, -0.05) is 0 Å². The number of phenolic OH excluding ortho intramolecular Hbond substituents is 1. The van der Waals surface area contributed by atoms with Gasteiger partial charge in [0.25, 0.3) is 5.56 Å². The number of hydrogen-bond donors (Lipinski definition) is 1. The largest absolute Gasteiger partial charge is 0.508 e. The van der Waals surface area contributed by atoms with Gasteiger partial charge < -0.3 is 5.11 Å². The maximum atomic E-state index is 11.7. The maximum Gasteiger partial charge on any atom is 0.330 e. The van der Waals surface area contributed by atoms with Crippen LogP contribution >= 0.6 is 0 Å². The Morgan fingerprint density at radius 3 is 2.47 bits per heavy atom. The Labute approximate surface area is 84.8 Å². The van der Waals surface area contributed by atoms with Crippen LogP contribution in [0.1, 0.15) is 0 Å². The summed E-state index contributed by atoms with van der Waals surface area (Å²) in [7, 11) is 3.00. The summed E-state index contributed by atoms with van der Waals surface area (Å²) in [4.78, 5) is 23.2. The van der Waals surface area contributed by atoms with Crippen LogP contribution in [0.2, 0.25) is 0 Å². The Morgan fingerprint density at radius 2 is 1.80 bits per heavy atom. The van der Waals surface area contributed by atoms with Gasteiger partial charge in [0.2, 0.25) is 0 Å². The summed E-state index contributed by atoms with van der Waals surface area (Å²) in [6, 6.07) is 4.35. The minimum atomic E-state index is -0.399. The lowest BCUT2D eigenvalue weighted by Crippen LogP contribution is -2.36. The van der Waals surface area contributed by atoms with Gasteiger partial charge in [0.15, 0.2) is 0 Å². The van der Waals surface area contributed by atoms with E-state index in [2.05, 4.69) is 0 Å². The molecule has 5 nitrogen and oxygen atoms in total. The van der Waals surface area contributed by atoms with Crippen molar-refractivity contribution in [2.45, 2.75) is 0 Å². The van der Waals surface area contributed by atoms with Crippen LogP contribution in [-0.4, -0.2) is 14.2 Å². The van der Waals surface area contributed by atoms with Gasteiger partial charge >= 0.3 is 5.69 Å². The normalized spacial score (nSPS) is 10.8. The lowest BCUT2D eigenvalue weighted by molar-refractivity contribution is 0.476. The molecule has 0 radical (unpaired) electrons. The molecule has 0 fully saturated rings. The lowest BCUT2D eigenvalue weighted by Gasteiger charge is -2.06. The Kier molecular flexibility index (Phi) is 1.89. The van der Waals surface area contributed by atoms with E-state index in [1.807, 2.05) is 0 Å². The molecule has 15 heavy (non-hydrogen) atoms. The van der Waals surface area contributed by atoms with Crippen molar-refractivity contribution in [3.63, 3.8) is 0 Å². The number of benzene rings is 1. The van der Waals surface area contributed by atoms with Crippen LogP contribution in [0, 0.1) is 0 Å². The predicted molar refractivity (Wildman–Crippen MR) is 56.1 cm³/mol. The molecule has 78 valence electrons. The molecule has 0 bridgehead atoms. The van der Waals surface area contributed by atoms with E-state index < -0.39 is 5.56 Å². The topological polar surface area (TPSA) is 64.2 Å². The summed E-state index contributed by atoms with van der Waals surface area (Å²) in [5.41, 5.74) is -0.261. The van der Waals surface area contributed by atoms with Gasteiger partial charge in [-0.3, -0.25) is 13.9 Å². The first-order chi connectivity index (χ1) is 7.02. The zero-order valence-corrected chi connectivity index (χ0v) is 8.39. The van der Waals surface area contributed by atoms with E-state index in [1.54, 1.807) is 13.1 Å². The summed E-state index contributed by atoms with van der Waals surface area (Å²) in [6.07, 6.45) is 0. The highest BCUT2D eigenvalue weighted by Gasteiger charge is 2.07. The van der Waals surface area contributed by atoms with Gasteiger partial charge in [-0.25, -0.2) is 4.79 Å². The number of rotatable bonds is 0. The molecule has 0 aliphatic rings. The third-order valence-electron chi connectivity index (χ3n) is 2.45. The second-order valence-electron chi connectivity index (χ2n) is 3.41. The lowest BCUT2D eigenvalue weighted by atomic mass is 10.2. The van der Waals surface area contributed by atoms with Crippen LogP contribution in [0.5, 0.6) is 5.75 Å². The summed E-state index contributed by atoms with van der Waals surface area (Å²) in [5, 5.41) is 9.60. The number of aromatic hydroxyl groups is 1. The Balaban J connectivity index is 3.15. The fourth-order valence-electron chi connectivity index (χ4n) is 1.58. The molecule has 0 aliphatic heterocycles. The highest BCUT2D eigenvalue weighted by atomic mass is 16.3. The molecule has 0 amide bonds. The minimum absolute atomic E-state index is 0.0123. The second-order valence-corrected chi connectivity index (χ2v) is 3.41. The molecule has 0 saturated carbocycles. The molecule has 5 heteroatoms. The average Bonchev–Trinajstić information content (AvgIpc) is 2.23. The smallest absolute Gasteiger partial charge is 0.330 e. The highest BCUT2D eigenvalue weighted by molar-refractivity contribution is 5.79. The zero-order chi connectivity index (χ0) is 11.2. The molecule has 1 aromatic heterocycles. The number of phenols is 1. The fraction of sp³-hybridized carbons (Fsp3) is 0.200. The average molecular weight is 206 g/mol. The molecular weight excluding hydrogens is 196 g/mol. The molecule has 1 N–H and O–H groups in total. The summed E-state index contributed by atoms with van der Waals surface area (Å²) in [5.74, 6) is 0.0123. The first-order valence-corrected chi connectivity index (χ1v) is 4.41. The van der Waals surface area contributed by atoms with Crippen LogP contribution in [0.3, 0.4) is 0 Å². The summed E-state index contributed by atoms with van der Waals surface area (Å²) in [6.45, 7) is 0. The van der Waals surface area contributed by atoms with E-state index in [4.69, 9.17) is 0 Å². The van der Waals surface area contributed by atoms with E-state index in [9.17, 15) is 14.7 Å². The second kappa shape index (κ2) is 2.98. The quantitative estimate of drug-likeness (QED) is 0.657. The van der Waals surface area contributed by atoms with E-state index >= 15 is 0 Å². The van der Waals surface area contributed by atoms with Crippen LogP contribution in [-0.2, 0) is 14.1 Å². The molecule has 0 spiro atoms. The van der Waals surface area contributed by atoms with Crippen molar-refractivity contribution in [2.75, 3.05) is 0 Å². The van der Waals surface area contributed by atoms with Crippen molar-refractivity contribution >= 4 is 10.9 Å². The summed E-state index contributed by atoms with van der Waals surface area (Å²) >= 11 is 0. The molecule has 2 aromatic rings. The zero-order valence-electron chi connectivity index (χ0n) is 8.39. The Hall–Kier alpha value is -2.04. The number of fused-ring (bicyclic) bond motifs is 1. The maximum absolute atomic E-state index is 11.7. The third kappa shape index (κ3) is 1.24. The molecule has 0 unspecified atom stereocenters. The van der Waals surface area contributed by atoms with Gasteiger partial charge in [0.05, 0.1) is 10.9 Å². The van der Waals surface area contributed by atoms with Crippen molar-refractivity contribution in [2.24, 2.45) is 14.1 Å². The Morgan fingerprint density at radius 1 is 1.13 bits per heavy atom. The molecule has 2 rings (SSSR count). The van der Waals surface area contributed by atoms with Crippen molar-refractivity contribution < 1.29 is 5.11 Å². The number of nitrogens with zero attached hydrogens (tertiary/aromatic N) is 2. The molecular formula is C10H10N2O3. The van der Waals surface area contributed by atoms with E-state index in [-0.39, 0.29) is 11.4 Å². The van der Waals surface area contributed by atoms with E-state index in [0.717, 1.165) is 4.57 Å². The molecule has 0 saturated heterocycles. The van der Waals surface area contributed by atoms with E-state index in [0.29, 0.717) is 10.9 Å². The van der Waals surface area contributed by atoms with Crippen LogP contribution < -0.4 is 11.2 Å². The van der Waals surface area contributed by atoms with E-state index in [1.165, 1.54) is 23.7 Å². The van der Waals surface area contributed by atoms with Crippen LogP contribution in [0.15, 0.2) is 27.8 Å². The van der Waals surface area contributed by atoms with Gasteiger partial charge in [0, 0.05) is 14.1 Å². The first-order valence-electron chi connectivity index (χ1n) is 4.41. The Bertz CT molecular complexity index is 652. The van der Waals surface area contributed by atoms with Gasteiger partial charge in [-0.2, -0.15) is 0 Å². The predicted octanol–water partition coefficient (Wildman–Crippen LogP) is -0.0572. The molecule has 0 aliphatic carbocycles.